The summed E-state index contributed by atoms with van der Waals surface area (Å²) in [7, 11) is 0. The third kappa shape index (κ3) is 1.47. The summed E-state index contributed by atoms with van der Waals surface area (Å²) in [5, 5.41) is 12.7. The molecule has 1 heterocycles. The molecule has 1 aliphatic heterocycles. The standard InChI is InChI=1S/C14H11NO2/c16-14(17)13-9-5-1-3-7-11(9)15-12-8-4-2-6-10(12)13/h1-5,7-8,15H,6H2,(H,16,17). The van der Waals surface area contributed by atoms with Crippen LogP contribution < -0.4 is 5.32 Å². The van der Waals surface area contributed by atoms with Gasteiger partial charge in [0.1, 0.15) is 0 Å². The van der Waals surface area contributed by atoms with Crippen molar-refractivity contribution in [2.24, 2.45) is 0 Å². The molecule has 1 aromatic carbocycles. The number of benzene rings is 1. The maximum absolute atomic E-state index is 11.4. The van der Waals surface area contributed by atoms with Crippen molar-refractivity contribution in [1.82, 2.24) is 0 Å². The lowest BCUT2D eigenvalue weighted by molar-refractivity contribution is -0.130. The number of hydrogen-bond acceptors (Lipinski definition) is 2. The van der Waals surface area contributed by atoms with Gasteiger partial charge in [-0.2, -0.15) is 0 Å². The van der Waals surface area contributed by atoms with E-state index < -0.39 is 5.97 Å². The molecule has 0 atom stereocenters. The Kier molecular flexibility index (Phi) is 2.11. The maximum atomic E-state index is 11.4. The first-order chi connectivity index (χ1) is 8.27. The molecule has 2 N–H and O–H groups in total. The number of carbonyl (C=O) groups is 1. The number of rotatable bonds is 1. The number of aliphatic carboxylic acids is 1. The minimum atomic E-state index is -0.866. The van der Waals surface area contributed by atoms with E-state index >= 15 is 0 Å². The average Bonchev–Trinajstić information content (AvgIpc) is 2.35. The number of carboxylic acids is 1. The fourth-order valence-corrected chi connectivity index (χ4v) is 2.28. The number of carboxylic acid groups (broad SMARTS) is 1. The summed E-state index contributed by atoms with van der Waals surface area (Å²) < 4.78 is 0. The van der Waals surface area contributed by atoms with Gasteiger partial charge < -0.3 is 10.4 Å². The van der Waals surface area contributed by atoms with E-state index in [1.54, 1.807) is 0 Å². The molecule has 3 rings (SSSR count). The summed E-state index contributed by atoms with van der Waals surface area (Å²) >= 11 is 0. The van der Waals surface area contributed by atoms with E-state index in [0.717, 1.165) is 22.5 Å². The van der Waals surface area contributed by atoms with E-state index in [1.165, 1.54) is 0 Å². The molecular formula is C14H11NO2. The van der Waals surface area contributed by atoms with Crippen LogP contribution in [0.3, 0.4) is 0 Å². The lowest BCUT2D eigenvalue weighted by Crippen LogP contribution is -2.17. The Morgan fingerprint density at radius 2 is 2.12 bits per heavy atom. The van der Waals surface area contributed by atoms with E-state index in [0.29, 0.717) is 12.0 Å². The number of allylic oxidation sites excluding steroid dienone is 4. The Bertz CT molecular complexity index is 594. The van der Waals surface area contributed by atoms with Crippen LogP contribution in [-0.4, -0.2) is 11.1 Å². The van der Waals surface area contributed by atoms with Crippen molar-refractivity contribution in [3.63, 3.8) is 0 Å². The van der Waals surface area contributed by atoms with E-state index in [1.807, 2.05) is 42.5 Å². The van der Waals surface area contributed by atoms with Gasteiger partial charge in [-0.1, -0.05) is 30.4 Å². The third-order valence-corrected chi connectivity index (χ3v) is 3.03. The Hall–Kier alpha value is -2.29. The summed E-state index contributed by atoms with van der Waals surface area (Å²) in [6.07, 6.45) is 6.49. The minimum Gasteiger partial charge on any atom is -0.478 e. The molecule has 0 saturated heterocycles. The Labute approximate surface area is 98.8 Å². The van der Waals surface area contributed by atoms with Crippen LogP contribution in [0.15, 0.2) is 53.8 Å². The highest BCUT2D eigenvalue weighted by Gasteiger charge is 2.26. The summed E-state index contributed by atoms with van der Waals surface area (Å²) in [6, 6.07) is 7.50. The number of fused-ring (bicyclic) bond motifs is 2. The van der Waals surface area contributed by atoms with Crippen molar-refractivity contribution < 1.29 is 9.90 Å². The molecule has 84 valence electrons. The fourth-order valence-electron chi connectivity index (χ4n) is 2.28. The zero-order chi connectivity index (χ0) is 11.8. The van der Waals surface area contributed by atoms with Crippen LogP contribution in [0, 0.1) is 0 Å². The van der Waals surface area contributed by atoms with Gasteiger partial charge >= 0.3 is 5.97 Å². The number of anilines is 1. The van der Waals surface area contributed by atoms with Crippen molar-refractivity contribution in [2.75, 3.05) is 5.32 Å². The molecule has 0 bridgehead atoms. The van der Waals surface area contributed by atoms with Crippen LogP contribution in [0.2, 0.25) is 0 Å². The van der Waals surface area contributed by atoms with E-state index in [9.17, 15) is 9.90 Å². The second kappa shape index (κ2) is 3.63. The minimum absolute atomic E-state index is 0.412. The fraction of sp³-hybridized carbons (Fsp3) is 0.0714. The molecule has 0 fully saturated rings. The van der Waals surface area contributed by atoms with E-state index in [-0.39, 0.29) is 0 Å². The van der Waals surface area contributed by atoms with Crippen molar-refractivity contribution in [3.05, 3.63) is 59.3 Å². The van der Waals surface area contributed by atoms with E-state index in [4.69, 9.17) is 0 Å². The lowest BCUT2D eigenvalue weighted by Gasteiger charge is -2.26. The SMILES string of the molecule is O=C(O)C1=C2CC=CC=C2Nc2ccccc21. The summed E-state index contributed by atoms with van der Waals surface area (Å²) in [5.74, 6) is -0.866. The number of nitrogens with one attached hydrogen (secondary N) is 1. The van der Waals surface area contributed by atoms with Gasteiger partial charge in [-0.05, 0) is 24.1 Å². The van der Waals surface area contributed by atoms with Crippen LogP contribution in [0.5, 0.6) is 0 Å². The van der Waals surface area contributed by atoms with Crippen LogP contribution in [0.25, 0.3) is 5.57 Å². The van der Waals surface area contributed by atoms with Gasteiger partial charge in [-0.15, -0.1) is 0 Å². The average molecular weight is 225 g/mol. The summed E-state index contributed by atoms with van der Waals surface area (Å²) in [4.78, 5) is 11.4. The zero-order valence-corrected chi connectivity index (χ0v) is 9.10. The van der Waals surface area contributed by atoms with Gasteiger partial charge in [-0.25, -0.2) is 4.79 Å². The van der Waals surface area contributed by atoms with Gasteiger partial charge in [0.2, 0.25) is 0 Å². The number of hydrogen-bond donors (Lipinski definition) is 2. The normalized spacial score (nSPS) is 16.8. The number of para-hydroxylation sites is 1. The molecule has 0 aromatic heterocycles. The first-order valence-corrected chi connectivity index (χ1v) is 5.47. The summed E-state index contributed by atoms with van der Waals surface area (Å²) in [5.41, 5.74) is 3.79. The topological polar surface area (TPSA) is 49.3 Å². The molecule has 1 aromatic rings. The molecule has 3 nitrogen and oxygen atoms in total. The maximum Gasteiger partial charge on any atom is 0.336 e. The monoisotopic (exact) mass is 225 g/mol. The van der Waals surface area contributed by atoms with Crippen molar-refractivity contribution >= 4 is 17.2 Å². The first-order valence-electron chi connectivity index (χ1n) is 5.47. The van der Waals surface area contributed by atoms with Crippen LogP contribution in [0.1, 0.15) is 12.0 Å². The molecule has 1 aliphatic carbocycles. The van der Waals surface area contributed by atoms with Gasteiger partial charge in [-0.3, -0.25) is 0 Å². The largest absolute Gasteiger partial charge is 0.478 e. The highest BCUT2D eigenvalue weighted by Crippen LogP contribution is 2.38. The van der Waals surface area contributed by atoms with Gasteiger partial charge in [0.15, 0.2) is 0 Å². The second-order valence-corrected chi connectivity index (χ2v) is 4.04. The van der Waals surface area contributed by atoms with E-state index in [2.05, 4.69) is 5.32 Å². The van der Waals surface area contributed by atoms with Gasteiger partial charge in [0, 0.05) is 16.9 Å². The van der Waals surface area contributed by atoms with Crippen molar-refractivity contribution in [3.8, 4) is 0 Å². The summed E-state index contributed by atoms with van der Waals surface area (Å²) in [6.45, 7) is 0. The first kappa shape index (κ1) is 9.90. The highest BCUT2D eigenvalue weighted by atomic mass is 16.4. The van der Waals surface area contributed by atoms with Crippen LogP contribution in [-0.2, 0) is 4.79 Å². The molecule has 0 radical (unpaired) electrons. The van der Waals surface area contributed by atoms with Crippen LogP contribution in [0.4, 0.5) is 5.69 Å². The molecular weight excluding hydrogens is 214 g/mol. The Morgan fingerprint density at radius 1 is 1.29 bits per heavy atom. The Morgan fingerprint density at radius 3 is 2.94 bits per heavy atom. The molecule has 2 aliphatic rings. The second-order valence-electron chi connectivity index (χ2n) is 4.04. The Balaban J connectivity index is 2.29. The van der Waals surface area contributed by atoms with Gasteiger partial charge in [0.05, 0.1) is 5.57 Å². The van der Waals surface area contributed by atoms with Crippen molar-refractivity contribution in [1.29, 1.82) is 0 Å². The molecule has 0 unspecified atom stereocenters. The van der Waals surface area contributed by atoms with Crippen LogP contribution >= 0.6 is 0 Å². The predicted octanol–water partition coefficient (Wildman–Crippen LogP) is 2.79. The third-order valence-electron chi connectivity index (χ3n) is 3.03. The molecule has 17 heavy (non-hydrogen) atoms. The predicted molar refractivity (Wildman–Crippen MR) is 66.5 cm³/mol. The molecule has 0 spiro atoms. The smallest absolute Gasteiger partial charge is 0.336 e. The van der Waals surface area contributed by atoms with Crippen molar-refractivity contribution in [2.45, 2.75) is 6.42 Å². The molecule has 0 amide bonds. The lowest BCUT2D eigenvalue weighted by atomic mass is 9.89. The molecule has 0 saturated carbocycles. The highest BCUT2D eigenvalue weighted by molar-refractivity contribution is 6.20. The molecule has 3 heteroatoms. The quantitative estimate of drug-likeness (QED) is 0.772. The zero-order valence-electron chi connectivity index (χ0n) is 9.10. The van der Waals surface area contributed by atoms with Gasteiger partial charge in [0.25, 0.3) is 0 Å².